The second kappa shape index (κ2) is 10.9. The Hall–Kier alpha value is -1.96. The molecular formula is C19H30N4O3. The summed E-state index contributed by atoms with van der Waals surface area (Å²) in [7, 11) is 1.63. The third kappa shape index (κ3) is 7.11. The molecule has 0 spiro atoms. The van der Waals surface area contributed by atoms with Crippen LogP contribution in [-0.4, -0.2) is 56.6 Å². The molecule has 1 aliphatic heterocycles. The van der Waals surface area contributed by atoms with E-state index in [1.54, 1.807) is 7.11 Å². The molecule has 2 amide bonds. The normalized spacial score (nSPS) is 17.8. The van der Waals surface area contributed by atoms with Crippen molar-refractivity contribution in [3.05, 3.63) is 35.4 Å². The second-order valence-corrected chi connectivity index (χ2v) is 6.74. The van der Waals surface area contributed by atoms with Crippen molar-refractivity contribution >= 4 is 11.8 Å². The largest absolute Gasteiger partial charge is 0.383 e. The number of nitrogens with one attached hydrogen (secondary N) is 2. The van der Waals surface area contributed by atoms with Crippen LogP contribution in [0.2, 0.25) is 0 Å². The van der Waals surface area contributed by atoms with Gasteiger partial charge in [0.05, 0.1) is 19.1 Å². The summed E-state index contributed by atoms with van der Waals surface area (Å²) in [4.78, 5) is 25.5. The highest BCUT2D eigenvalue weighted by atomic mass is 16.5. The van der Waals surface area contributed by atoms with E-state index in [1.807, 2.05) is 12.1 Å². The summed E-state index contributed by atoms with van der Waals surface area (Å²) < 4.78 is 4.92. The van der Waals surface area contributed by atoms with Gasteiger partial charge in [0.2, 0.25) is 11.8 Å². The molecule has 1 atom stereocenters. The third-order valence-electron chi connectivity index (χ3n) is 4.56. The lowest BCUT2D eigenvalue weighted by molar-refractivity contribution is -0.123. The molecule has 26 heavy (non-hydrogen) atoms. The van der Waals surface area contributed by atoms with E-state index in [2.05, 4.69) is 27.7 Å². The Morgan fingerprint density at radius 1 is 1.35 bits per heavy atom. The number of amides is 2. The van der Waals surface area contributed by atoms with E-state index in [1.165, 1.54) is 5.56 Å². The minimum atomic E-state index is -0.203. The molecule has 1 saturated heterocycles. The van der Waals surface area contributed by atoms with Gasteiger partial charge in [-0.1, -0.05) is 24.3 Å². The zero-order valence-corrected chi connectivity index (χ0v) is 15.5. The summed E-state index contributed by atoms with van der Waals surface area (Å²) in [6.45, 7) is 4.53. The van der Waals surface area contributed by atoms with Crippen molar-refractivity contribution in [1.29, 1.82) is 0 Å². The quantitative estimate of drug-likeness (QED) is 0.518. The maximum absolute atomic E-state index is 11.8. The van der Waals surface area contributed by atoms with E-state index in [-0.39, 0.29) is 24.3 Å². The molecule has 1 fully saturated rings. The first-order chi connectivity index (χ1) is 12.6. The topological polar surface area (TPSA) is 96.7 Å². The summed E-state index contributed by atoms with van der Waals surface area (Å²) in [5, 5.41) is 5.93. The number of nitrogens with two attached hydrogens (primary N) is 1. The smallest absolute Gasteiger partial charge is 0.234 e. The SMILES string of the molecule is COCCNCC(=O)NCc1cccc(CN2CCCC(C(N)=O)C2)c1. The highest BCUT2D eigenvalue weighted by Crippen LogP contribution is 2.18. The first kappa shape index (κ1) is 20.4. The van der Waals surface area contributed by atoms with E-state index in [4.69, 9.17) is 10.5 Å². The van der Waals surface area contributed by atoms with Gasteiger partial charge in [0, 0.05) is 33.3 Å². The number of benzene rings is 1. The van der Waals surface area contributed by atoms with Crippen LogP contribution in [0.5, 0.6) is 0 Å². The van der Waals surface area contributed by atoms with Crippen LogP contribution in [-0.2, 0) is 27.4 Å². The van der Waals surface area contributed by atoms with Crippen LogP contribution < -0.4 is 16.4 Å². The molecule has 7 heteroatoms. The van der Waals surface area contributed by atoms with Crippen molar-refractivity contribution in [3.63, 3.8) is 0 Å². The van der Waals surface area contributed by atoms with Gasteiger partial charge in [-0.05, 0) is 30.5 Å². The van der Waals surface area contributed by atoms with Gasteiger partial charge in [0.25, 0.3) is 0 Å². The third-order valence-corrected chi connectivity index (χ3v) is 4.56. The summed E-state index contributed by atoms with van der Waals surface area (Å²) in [6, 6.07) is 8.19. The van der Waals surface area contributed by atoms with Crippen LogP contribution in [0.1, 0.15) is 24.0 Å². The lowest BCUT2D eigenvalue weighted by Gasteiger charge is -2.31. The van der Waals surface area contributed by atoms with Gasteiger partial charge in [0.1, 0.15) is 0 Å². The van der Waals surface area contributed by atoms with Gasteiger partial charge in [-0.2, -0.15) is 0 Å². The van der Waals surface area contributed by atoms with Crippen LogP contribution in [0.3, 0.4) is 0 Å². The van der Waals surface area contributed by atoms with E-state index < -0.39 is 0 Å². The number of primary amides is 1. The number of piperidine rings is 1. The maximum atomic E-state index is 11.8. The molecule has 0 bridgehead atoms. The Morgan fingerprint density at radius 2 is 2.15 bits per heavy atom. The van der Waals surface area contributed by atoms with Gasteiger partial charge < -0.3 is 21.1 Å². The molecule has 4 N–H and O–H groups in total. The van der Waals surface area contributed by atoms with Crippen molar-refractivity contribution in [2.75, 3.05) is 39.9 Å². The number of hydrogen-bond acceptors (Lipinski definition) is 5. The number of hydrogen-bond donors (Lipinski definition) is 3. The number of carbonyl (C=O) groups is 2. The van der Waals surface area contributed by atoms with Crippen LogP contribution in [0.25, 0.3) is 0 Å². The predicted octanol–water partition coefficient (Wildman–Crippen LogP) is 0.236. The van der Waals surface area contributed by atoms with Crippen molar-refractivity contribution < 1.29 is 14.3 Å². The van der Waals surface area contributed by atoms with E-state index in [0.717, 1.165) is 38.0 Å². The number of carbonyl (C=O) groups excluding carboxylic acids is 2. The first-order valence-corrected chi connectivity index (χ1v) is 9.14. The molecule has 1 unspecified atom stereocenters. The number of nitrogens with zero attached hydrogens (tertiary/aromatic N) is 1. The molecule has 7 nitrogen and oxygen atoms in total. The van der Waals surface area contributed by atoms with Crippen LogP contribution in [0.15, 0.2) is 24.3 Å². The maximum Gasteiger partial charge on any atom is 0.234 e. The fourth-order valence-corrected chi connectivity index (χ4v) is 3.17. The van der Waals surface area contributed by atoms with Crippen LogP contribution in [0, 0.1) is 5.92 Å². The van der Waals surface area contributed by atoms with E-state index in [0.29, 0.717) is 19.7 Å². The predicted molar refractivity (Wildman–Crippen MR) is 100 cm³/mol. The Labute approximate surface area is 155 Å². The molecule has 144 valence electrons. The van der Waals surface area contributed by atoms with Crippen LogP contribution >= 0.6 is 0 Å². The highest BCUT2D eigenvalue weighted by Gasteiger charge is 2.23. The lowest BCUT2D eigenvalue weighted by atomic mass is 9.97. The Kier molecular flexibility index (Phi) is 8.53. The number of methoxy groups -OCH3 is 1. The lowest BCUT2D eigenvalue weighted by Crippen LogP contribution is -2.40. The number of likely N-dealkylation sites (tertiary alicyclic amines) is 1. The number of ether oxygens (including phenoxy) is 1. The van der Waals surface area contributed by atoms with Gasteiger partial charge >= 0.3 is 0 Å². The Morgan fingerprint density at radius 3 is 2.92 bits per heavy atom. The van der Waals surface area contributed by atoms with E-state index in [9.17, 15) is 9.59 Å². The summed E-state index contributed by atoms with van der Waals surface area (Å²) in [6.07, 6.45) is 1.88. The zero-order chi connectivity index (χ0) is 18.8. The molecule has 0 aromatic heterocycles. The zero-order valence-electron chi connectivity index (χ0n) is 15.5. The Balaban J connectivity index is 1.78. The molecule has 0 saturated carbocycles. The second-order valence-electron chi connectivity index (χ2n) is 6.74. The fraction of sp³-hybridized carbons (Fsp3) is 0.579. The van der Waals surface area contributed by atoms with Crippen molar-refractivity contribution in [2.24, 2.45) is 11.7 Å². The minimum Gasteiger partial charge on any atom is -0.383 e. The van der Waals surface area contributed by atoms with Crippen molar-refractivity contribution in [3.8, 4) is 0 Å². The number of rotatable bonds is 10. The first-order valence-electron chi connectivity index (χ1n) is 9.14. The van der Waals surface area contributed by atoms with Crippen LogP contribution in [0.4, 0.5) is 0 Å². The summed E-state index contributed by atoms with van der Waals surface area (Å²) in [5.41, 5.74) is 7.69. The standard InChI is InChI=1S/C19H30N4O3/c1-26-9-7-21-12-18(24)22-11-15-4-2-5-16(10-15)13-23-8-3-6-17(14-23)19(20)25/h2,4-5,10,17,21H,3,6-9,11-14H2,1H3,(H2,20,25)(H,22,24). The summed E-state index contributed by atoms with van der Waals surface area (Å²) in [5.74, 6) is -0.283. The molecule has 0 aliphatic carbocycles. The minimum absolute atomic E-state index is 0.0353. The van der Waals surface area contributed by atoms with E-state index >= 15 is 0 Å². The fourth-order valence-electron chi connectivity index (χ4n) is 3.17. The monoisotopic (exact) mass is 362 g/mol. The molecular weight excluding hydrogens is 332 g/mol. The highest BCUT2D eigenvalue weighted by molar-refractivity contribution is 5.78. The molecule has 0 radical (unpaired) electrons. The molecule has 2 rings (SSSR count). The summed E-state index contributed by atoms with van der Waals surface area (Å²) >= 11 is 0. The molecule has 1 aromatic carbocycles. The molecule has 1 heterocycles. The molecule has 1 aromatic rings. The average molecular weight is 362 g/mol. The molecule has 1 aliphatic rings. The van der Waals surface area contributed by atoms with Gasteiger partial charge in [-0.15, -0.1) is 0 Å². The van der Waals surface area contributed by atoms with Gasteiger partial charge in [-0.3, -0.25) is 14.5 Å². The van der Waals surface area contributed by atoms with Gasteiger partial charge in [0.15, 0.2) is 0 Å². The van der Waals surface area contributed by atoms with Crippen molar-refractivity contribution in [2.45, 2.75) is 25.9 Å². The average Bonchev–Trinajstić information content (AvgIpc) is 2.64. The van der Waals surface area contributed by atoms with Crippen molar-refractivity contribution in [1.82, 2.24) is 15.5 Å². The Bertz CT molecular complexity index is 594. The van der Waals surface area contributed by atoms with Gasteiger partial charge in [-0.25, -0.2) is 0 Å².